The van der Waals surface area contributed by atoms with E-state index in [1.165, 1.54) is 0 Å². The van der Waals surface area contributed by atoms with Gasteiger partial charge in [-0.15, -0.1) is 0 Å². The van der Waals surface area contributed by atoms with Crippen LogP contribution in [0.1, 0.15) is 34.7 Å². The number of benzene rings is 2. The summed E-state index contributed by atoms with van der Waals surface area (Å²) in [5.41, 5.74) is 3.34. The van der Waals surface area contributed by atoms with E-state index < -0.39 is 17.7 Å². The molecule has 4 rings (SSSR count). The van der Waals surface area contributed by atoms with E-state index in [1.54, 1.807) is 30.2 Å². The number of ketones is 1. The third kappa shape index (κ3) is 4.86. The lowest BCUT2D eigenvalue weighted by molar-refractivity contribution is -0.140. The van der Waals surface area contributed by atoms with Gasteiger partial charge in [-0.05, 0) is 49.6 Å². The summed E-state index contributed by atoms with van der Waals surface area (Å²) in [6.07, 6.45) is 0.733. The smallest absolute Gasteiger partial charge is 0.295 e. The van der Waals surface area contributed by atoms with Crippen molar-refractivity contribution in [3.8, 4) is 5.75 Å². The quantitative estimate of drug-likeness (QED) is 0.384. The van der Waals surface area contributed by atoms with Gasteiger partial charge in [0.2, 0.25) is 0 Å². The van der Waals surface area contributed by atoms with Gasteiger partial charge in [-0.2, -0.15) is 0 Å². The fourth-order valence-electron chi connectivity index (χ4n) is 4.68. The highest BCUT2D eigenvalue weighted by atomic mass is 16.5. The van der Waals surface area contributed by atoms with Crippen LogP contribution in [0.3, 0.4) is 0 Å². The average Bonchev–Trinajstić information content (AvgIpc) is 3.09. The molecule has 7 heteroatoms. The first-order chi connectivity index (χ1) is 16.4. The Bertz CT molecular complexity index is 1090. The van der Waals surface area contributed by atoms with E-state index in [1.807, 2.05) is 38.1 Å². The third-order valence-electron chi connectivity index (χ3n) is 6.58. The number of amides is 1. The number of hydrogen-bond acceptors (Lipinski definition) is 6. The van der Waals surface area contributed by atoms with Gasteiger partial charge in [-0.1, -0.05) is 29.8 Å². The maximum atomic E-state index is 13.2. The number of Topliss-reactive ketones (excluding diaryl/α,β-unsaturated/α-hetero) is 1. The Balaban J connectivity index is 1.68. The molecule has 7 nitrogen and oxygen atoms in total. The summed E-state index contributed by atoms with van der Waals surface area (Å²) in [4.78, 5) is 30.2. The first-order valence-corrected chi connectivity index (χ1v) is 11.7. The largest absolute Gasteiger partial charge is 0.507 e. The van der Waals surface area contributed by atoms with Crippen molar-refractivity contribution in [3.63, 3.8) is 0 Å². The Hall–Kier alpha value is -3.16. The molecule has 34 heavy (non-hydrogen) atoms. The minimum absolute atomic E-state index is 0.129. The van der Waals surface area contributed by atoms with Gasteiger partial charge in [0.05, 0.1) is 31.9 Å². The highest BCUT2D eigenvalue weighted by Gasteiger charge is 2.45. The van der Waals surface area contributed by atoms with Crippen molar-refractivity contribution in [2.45, 2.75) is 26.3 Å². The lowest BCUT2D eigenvalue weighted by atomic mass is 9.94. The molecule has 2 aromatic rings. The van der Waals surface area contributed by atoms with E-state index in [9.17, 15) is 14.7 Å². The van der Waals surface area contributed by atoms with E-state index in [0.717, 1.165) is 56.0 Å². The number of likely N-dealkylation sites (tertiary alicyclic amines) is 1. The Kier molecular flexibility index (Phi) is 7.34. The molecule has 180 valence electrons. The molecule has 1 N–H and O–H groups in total. The topological polar surface area (TPSA) is 79.3 Å². The Morgan fingerprint density at radius 3 is 2.41 bits per heavy atom. The van der Waals surface area contributed by atoms with Gasteiger partial charge in [-0.25, -0.2) is 0 Å². The van der Waals surface area contributed by atoms with Crippen molar-refractivity contribution in [1.82, 2.24) is 9.80 Å². The number of rotatable bonds is 7. The fraction of sp³-hybridized carbons (Fsp3) is 0.407. The van der Waals surface area contributed by atoms with Crippen molar-refractivity contribution < 1.29 is 24.2 Å². The molecule has 0 bridgehead atoms. The van der Waals surface area contributed by atoms with Gasteiger partial charge in [0, 0.05) is 31.7 Å². The molecular weight excluding hydrogens is 432 g/mol. The molecule has 2 heterocycles. The van der Waals surface area contributed by atoms with Crippen molar-refractivity contribution in [1.29, 1.82) is 0 Å². The van der Waals surface area contributed by atoms with E-state index in [-0.39, 0.29) is 11.3 Å². The first-order valence-electron chi connectivity index (χ1n) is 11.7. The number of aliphatic hydroxyl groups excluding tert-OH is 1. The number of carbonyl (C=O) groups excluding carboxylic acids is 2. The standard InChI is InChI=1S/C27H32N2O5/c1-18-5-7-20(8-6-18)24-23(25(30)21-9-10-22(33-3)19(2)17-21)26(31)27(32)29(24)12-4-11-28-13-15-34-16-14-28/h5-10,17,24,30H,4,11-16H2,1-3H3/b25-23+/t24-/m0/s1. The third-order valence-corrected chi connectivity index (χ3v) is 6.58. The van der Waals surface area contributed by atoms with Gasteiger partial charge in [0.1, 0.15) is 11.5 Å². The van der Waals surface area contributed by atoms with Crippen molar-refractivity contribution in [2.75, 3.05) is 46.5 Å². The average molecular weight is 465 g/mol. The van der Waals surface area contributed by atoms with Crippen LogP contribution in [0, 0.1) is 13.8 Å². The molecule has 2 fully saturated rings. The highest BCUT2D eigenvalue weighted by molar-refractivity contribution is 6.46. The van der Waals surface area contributed by atoms with E-state index in [2.05, 4.69) is 4.90 Å². The summed E-state index contributed by atoms with van der Waals surface area (Å²) in [5.74, 6) is -0.692. The van der Waals surface area contributed by atoms with Crippen LogP contribution in [0.4, 0.5) is 0 Å². The molecule has 2 aliphatic rings. The molecule has 0 aromatic heterocycles. The minimum atomic E-state index is -0.650. The second-order valence-electron chi connectivity index (χ2n) is 8.90. The number of morpholine rings is 1. The lowest BCUT2D eigenvalue weighted by Crippen LogP contribution is -2.38. The predicted octanol–water partition coefficient (Wildman–Crippen LogP) is 3.46. The number of methoxy groups -OCH3 is 1. The predicted molar refractivity (Wildman–Crippen MR) is 130 cm³/mol. The molecule has 1 atom stereocenters. The second-order valence-corrected chi connectivity index (χ2v) is 8.90. The first kappa shape index (κ1) is 24.0. The number of nitrogens with zero attached hydrogens (tertiary/aromatic N) is 2. The monoisotopic (exact) mass is 464 g/mol. The van der Waals surface area contributed by atoms with E-state index in [4.69, 9.17) is 9.47 Å². The highest BCUT2D eigenvalue weighted by Crippen LogP contribution is 2.40. The summed E-state index contributed by atoms with van der Waals surface area (Å²) in [7, 11) is 1.59. The molecule has 0 aliphatic carbocycles. The zero-order valence-corrected chi connectivity index (χ0v) is 20.0. The molecule has 0 saturated carbocycles. The molecule has 0 spiro atoms. The molecule has 2 aliphatic heterocycles. The van der Waals surface area contributed by atoms with Crippen LogP contribution < -0.4 is 4.74 Å². The molecule has 2 aromatic carbocycles. The summed E-state index contributed by atoms with van der Waals surface area (Å²) in [6, 6.07) is 12.4. The van der Waals surface area contributed by atoms with Gasteiger partial charge in [-0.3, -0.25) is 14.5 Å². The Labute approximate surface area is 200 Å². The van der Waals surface area contributed by atoms with Crippen LogP contribution in [0.15, 0.2) is 48.0 Å². The van der Waals surface area contributed by atoms with Crippen molar-refractivity contribution in [2.24, 2.45) is 0 Å². The number of ether oxygens (including phenoxy) is 2. The van der Waals surface area contributed by atoms with Gasteiger partial charge >= 0.3 is 0 Å². The normalized spacial score (nSPS) is 20.7. The van der Waals surface area contributed by atoms with Crippen LogP contribution in [0.5, 0.6) is 5.75 Å². The summed E-state index contributed by atoms with van der Waals surface area (Å²) < 4.78 is 10.7. The van der Waals surface area contributed by atoms with Crippen LogP contribution in [-0.2, 0) is 14.3 Å². The van der Waals surface area contributed by atoms with Crippen LogP contribution >= 0.6 is 0 Å². The van der Waals surface area contributed by atoms with Crippen LogP contribution in [0.2, 0.25) is 0 Å². The SMILES string of the molecule is COc1ccc(/C(O)=C2\C(=O)C(=O)N(CCCN3CCOCC3)[C@H]2c2ccc(C)cc2)cc1C. The lowest BCUT2D eigenvalue weighted by Gasteiger charge is -2.29. The summed E-state index contributed by atoms with van der Waals surface area (Å²) >= 11 is 0. The number of hydrogen-bond donors (Lipinski definition) is 1. The molecule has 2 saturated heterocycles. The molecule has 0 radical (unpaired) electrons. The molecule has 1 amide bonds. The Morgan fingerprint density at radius 1 is 1.06 bits per heavy atom. The zero-order valence-electron chi connectivity index (χ0n) is 20.0. The molecule has 0 unspecified atom stereocenters. The summed E-state index contributed by atoms with van der Waals surface area (Å²) in [5, 5.41) is 11.2. The maximum absolute atomic E-state index is 13.2. The number of carbonyl (C=O) groups is 2. The maximum Gasteiger partial charge on any atom is 0.295 e. The van der Waals surface area contributed by atoms with Crippen LogP contribution in [0.25, 0.3) is 5.76 Å². The van der Waals surface area contributed by atoms with E-state index in [0.29, 0.717) is 17.9 Å². The van der Waals surface area contributed by atoms with E-state index >= 15 is 0 Å². The second kappa shape index (κ2) is 10.4. The minimum Gasteiger partial charge on any atom is -0.507 e. The van der Waals surface area contributed by atoms with Crippen LogP contribution in [-0.4, -0.2) is 73.1 Å². The Morgan fingerprint density at radius 2 is 1.76 bits per heavy atom. The van der Waals surface area contributed by atoms with Gasteiger partial charge in [0.25, 0.3) is 11.7 Å². The van der Waals surface area contributed by atoms with Crippen molar-refractivity contribution >= 4 is 17.4 Å². The summed E-state index contributed by atoms with van der Waals surface area (Å²) in [6.45, 7) is 8.29. The fourth-order valence-corrected chi connectivity index (χ4v) is 4.68. The molecular formula is C27H32N2O5. The number of aliphatic hydroxyl groups is 1. The van der Waals surface area contributed by atoms with Crippen molar-refractivity contribution in [3.05, 3.63) is 70.3 Å². The van der Waals surface area contributed by atoms with Gasteiger partial charge in [0.15, 0.2) is 0 Å². The zero-order chi connectivity index (χ0) is 24.2. The number of aryl methyl sites for hydroxylation is 2. The van der Waals surface area contributed by atoms with Gasteiger partial charge < -0.3 is 19.5 Å².